The highest BCUT2D eigenvalue weighted by Gasteiger charge is 2.19. The molecule has 0 saturated carbocycles. The van der Waals surface area contributed by atoms with Crippen LogP contribution < -0.4 is 4.74 Å². The minimum absolute atomic E-state index is 0.00692. The van der Waals surface area contributed by atoms with Gasteiger partial charge in [0.05, 0.1) is 22.9 Å². The lowest BCUT2D eigenvalue weighted by Gasteiger charge is -2.02. The van der Waals surface area contributed by atoms with Crippen LogP contribution >= 0.6 is 22.9 Å². The van der Waals surface area contributed by atoms with Crippen LogP contribution in [0.15, 0.2) is 18.2 Å². The molecule has 1 atom stereocenters. The molecule has 2 rings (SSSR count). The normalized spacial score (nSPS) is 12.3. The minimum atomic E-state index is -0.968. The summed E-state index contributed by atoms with van der Waals surface area (Å²) in [5, 5.41) is 10.2. The topological polar surface area (TPSA) is 63.6 Å². The maximum Gasteiger partial charge on any atom is 0.306 e. The van der Waals surface area contributed by atoms with Crippen molar-refractivity contribution < 1.29 is 19.4 Å². The van der Waals surface area contributed by atoms with Gasteiger partial charge in [0.2, 0.25) is 0 Å². The largest absolute Gasteiger partial charge is 0.495 e. The lowest BCUT2D eigenvalue weighted by Crippen LogP contribution is -2.13. The van der Waals surface area contributed by atoms with E-state index < -0.39 is 11.9 Å². The second-order valence-electron chi connectivity index (χ2n) is 4.50. The van der Waals surface area contributed by atoms with Gasteiger partial charge in [0.1, 0.15) is 5.75 Å². The van der Waals surface area contributed by atoms with Gasteiger partial charge >= 0.3 is 5.97 Å². The first-order valence-electron chi connectivity index (χ1n) is 5.95. The van der Waals surface area contributed by atoms with Crippen LogP contribution in [-0.2, 0) is 4.79 Å². The number of rotatable bonds is 5. The number of carbonyl (C=O) groups is 2. The summed E-state index contributed by atoms with van der Waals surface area (Å²) in [5.41, 5.74) is 0. The van der Waals surface area contributed by atoms with Crippen LogP contribution in [0, 0.1) is 5.92 Å². The molecule has 0 aliphatic carbocycles. The number of carbonyl (C=O) groups excluding carboxylic acids is 1. The second kappa shape index (κ2) is 5.81. The van der Waals surface area contributed by atoms with Crippen molar-refractivity contribution in [1.29, 1.82) is 0 Å². The first-order chi connectivity index (χ1) is 9.42. The molecular weight excluding hydrogens is 300 g/mol. The Morgan fingerprint density at radius 3 is 2.70 bits per heavy atom. The van der Waals surface area contributed by atoms with Gasteiger partial charge in [-0.2, -0.15) is 0 Å². The molecular formula is C14H13ClO4S. The van der Waals surface area contributed by atoms with E-state index >= 15 is 0 Å². The molecule has 0 amide bonds. The molecule has 1 unspecified atom stereocenters. The molecule has 0 aliphatic rings. The summed E-state index contributed by atoms with van der Waals surface area (Å²) in [5.74, 6) is -1.27. The van der Waals surface area contributed by atoms with Crippen molar-refractivity contribution in [3.05, 3.63) is 28.1 Å². The molecule has 1 aromatic carbocycles. The Morgan fingerprint density at radius 1 is 1.40 bits per heavy atom. The summed E-state index contributed by atoms with van der Waals surface area (Å²) in [7, 11) is 1.53. The number of benzene rings is 1. The fraction of sp³-hybridized carbons (Fsp3) is 0.286. The number of hydrogen-bond acceptors (Lipinski definition) is 4. The Bertz CT molecular complexity index is 677. The number of halogens is 1. The number of methoxy groups -OCH3 is 1. The number of carboxylic acid groups (broad SMARTS) is 1. The van der Waals surface area contributed by atoms with Gasteiger partial charge in [0.15, 0.2) is 5.78 Å². The average molecular weight is 313 g/mol. The zero-order chi connectivity index (χ0) is 14.9. The maximum atomic E-state index is 12.1. The predicted octanol–water partition coefficient (Wildman–Crippen LogP) is 3.86. The summed E-state index contributed by atoms with van der Waals surface area (Å²) >= 11 is 7.35. The van der Waals surface area contributed by atoms with E-state index in [1.807, 2.05) is 0 Å². The van der Waals surface area contributed by atoms with Gasteiger partial charge in [-0.3, -0.25) is 9.59 Å². The van der Waals surface area contributed by atoms with Crippen molar-refractivity contribution in [3.8, 4) is 5.75 Å². The number of aliphatic carboxylic acids is 1. The third kappa shape index (κ3) is 2.94. The second-order valence-corrected chi connectivity index (χ2v) is 5.99. The Hall–Kier alpha value is -1.59. The Kier molecular flexibility index (Phi) is 4.30. The van der Waals surface area contributed by atoms with Crippen LogP contribution in [0.3, 0.4) is 0 Å². The molecule has 106 valence electrons. The van der Waals surface area contributed by atoms with Crippen LogP contribution in [0.1, 0.15) is 23.0 Å². The van der Waals surface area contributed by atoms with E-state index in [-0.39, 0.29) is 12.2 Å². The van der Waals surface area contributed by atoms with Crippen molar-refractivity contribution in [2.75, 3.05) is 7.11 Å². The van der Waals surface area contributed by atoms with Gasteiger partial charge in [-0.05, 0) is 23.6 Å². The number of fused-ring (bicyclic) bond motifs is 1. The molecule has 1 N–H and O–H groups in total. The minimum Gasteiger partial charge on any atom is -0.495 e. The highest BCUT2D eigenvalue weighted by molar-refractivity contribution is 7.20. The average Bonchev–Trinajstić information content (AvgIpc) is 2.80. The summed E-state index contributed by atoms with van der Waals surface area (Å²) in [6.07, 6.45) is -0.00692. The van der Waals surface area contributed by atoms with Crippen molar-refractivity contribution in [3.63, 3.8) is 0 Å². The van der Waals surface area contributed by atoms with Crippen molar-refractivity contribution in [1.82, 2.24) is 0 Å². The predicted molar refractivity (Wildman–Crippen MR) is 79.1 cm³/mol. The third-order valence-electron chi connectivity index (χ3n) is 2.98. The van der Waals surface area contributed by atoms with Gasteiger partial charge in [-0.1, -0.05) is 18.5 Å². The number of ketones is 1. The van der Waals surface area contributed by atoms with Gasteiger partial charge < -0.3 is 9.84 Å². The quantitative estimate of drug-likeness (QED) is 0.852. The highest BCUT2D eigenvalue weighted by atomic mass is 35.5. The lowest BCUT2D eigenvalue weighted by molar-refractivity contribution is -0.141. The molecule has 0 spiro atoms. The molecule has 0 saturated heterocycles. The maximum absolute atomic E-state index is 12.1. The molecule has 1 heterocycles. The van der Waals surface area contributed by atoms with Crippen LogP contribution in [-0.4, -0.2) is 24.0 Å². The molecule has 1 aromatic heterocycles. The molecule has 2 aromatic rings. The molecule has 0 aliphatic heterocycles. The van der Waals surface area contributed by atoms with Crippen LogP contribution in [0.4, 0.5) is 0 Å². The molecule has 4 nitrogen and oxygen atoms in total. The lowest BCUT2D eigenvalue weighted by atomic mass is 10.0. The Labute approximate surface area is 124 Å². The van der Waals surface area contributed by atoms with Gasteiger partial charge in [-0.15, -0.1) is 11.3 Å². The van der Waals surface area contributed by atoms with Crippen molar-refractivity contribution >= 4 is 44.8 Å². The van der Waals surface area contributed by atoms with E-state index in [4.69, 9.17) is 21.4 Å². The molecule has 6 heteroatoms. The number of Topliss-reactive ketones (excluding diaryl/α,β-unsaturated/α-hetero) is 1. The number of ether oxygens (including phenoxy) is 1. The standard InChI is InChI=1S/C14H13ClO4S/c1-7(14(17)18)3-10(16)13-5-8-4-9(15)11(19-2)6-12(8)20-13/h4-7H,3H2,1-2H3,(H,17,18). The smallest absolute Gasteiger partial charge is 0.306 e. The fourth-order valence-corrected chi connectivity index (χ4v) is 3.07. The number of carboxylic acids is 1. The number of thiophene rings is 1. The third-order valence-corrected chi connectivity index (χ3v) is 4.41. The monoisotopic (exact) mass is 312 g/mol. The van der Waals surface area contributed by atoms with E-state index in [0.29, 0.717) is 15.6 Å². The van der Waals surface area contributed by atoms with E-state index in [1.54, 1.807) is 18.2 Å². The van der Waals surface area contributed by atoms with Crippen LogP contribution in [0.25, 0.3) is 10.1 Å². The molecule has 20 heavy (non-hydrogen) atoms. The summed E-state index contributed by atoms with van der Waals surface area (Å²) in [6.45, 7) is 1.52. The first-order valence-corrected chi connectivity index (χ1v) is 7.15. The first kappa shape index (κ1) is 14.8. The van der Waals surface area contributed by atoms with E-state index in [2.05, 4.69) is 0 Å². The van der Waals surface area contributed by atoms with Gasteiger partial charge in [-0.25, -0.2) is 0 Å². The van der Waals surface area contributed by atoms with Crippen LogP contribution in [0.2, 0.25) is 5.02 Å². The summed E-state index contributed by atoms with van der Waals surface area (Å²) < 4.78 is 6.02. The SMILES string of the molecule is COc1cc2sc(C(=O)CC(C)C(=O)O)cc2cc1Cl. The molecule has 0 bridgehead atoms. The molecule has 0 fully saturated rings. The summed E-state index contributed by atoms with van der Waals surface area (Å²) in [6, 6.07) is 5.26. The Morgan fingerprint density at radius 2 is 2.10 bits per heavy atom. The van der Waals surface area contributed by atoms with Crippen molar-refractivity contribution in [2.24, 2.45) is 5.92 Å². The van der Waals surface area contributed by atoms with E-state index in [0.717, 1.165) is 10.1 Å². The number of hydrogen-bond donors (Lipinski definition) is 1. The zero-order valence-corrected chi connectivity index (χ0v) is 12.5. The van der Waals surface area contributed by atoms with E-state index in [1.165, 1.54) is 25.4 Å². The summed E-state index contributed by atoms with van der Waals surface area (Å²) in [4.78, 5) is 23.4. The van der Waals surface area contributed by atoms with Gasteiger partial charge in [0.25, 0.3) is 0 Å². The zero-order valence-electron chi connectivity index (χ0n) is 11.0. The van der Waals surface area contributed by atoms with Crippen molar-refractivity contribution in [2.45, 2.75) is 13.3 Å². The fourth-order valence-electron chi connectivity index (χ4n) is 1.80. The van der Waals surface area contributed by atoms with Crippen LogP contribution in [0.5, 0.6) is 5.75 Å². The molecule has 0 radical (unpaired) electrons. The Balaban J connectivity index is 2.32. The highest BCUT2D eigenvalue weighted by Crippen LogP contribution is 2.35. The van der Waals surface area contributed by atoms with Gasteiger partial charge in [0, 0.05) is 11.1 Å². The van der Waals surface area contributed by atoms with E-state index in [9.17, 15) is 9.59 Å².